The molecule has 2 aromatic rings. The Morgan fingerprint density at radius 2 is 1.67 bits per heavy atom. The minimum absolute atomic E-state index is 0.154. The second-order valence-corrected chi connectivity index (χ2v) is 8.21. The molecule has 1 heterocycles. The second kappa shape index (κ2) is 8.44. The Labute approximate surface area is 179 Å². The lowest BCUT2D eigenvalue weighted by molar-refractivity contribution is -0.383. The van der Waals surface area contributed by atoms with Crippen LogP contribution in [0.2, 0.25) is 5.02 Å². The summed E-state index contributed by atoms with van der Waals surface area (Å²) in [7, 11) is 0. The molecule has 0 spiro atoms. The molecule has 2 aliphatic rings. The van der Waals surface area contributed by atoms with Gasteiger partial charge in [0.2, 0.25) is 11.8 Å². The largest absolute Gasteiger partial charge is 0.379 e. The Morgan fingerprint density at radius 3 is 2.27 bits per heavy atom. The number of amides is 2. The van der Waals surface area contributed by atoms with Gasteiger partial charge in [-0.05, 0) is 49.1 Å². The van der Waals surface area contributed by atoms with E-state index in [4.69, 9.17) is 11.6 Å². The van der Waals surface area contributed by atoms with Crippen LogP contribution in [0.3, 0.4) is 0 Å². The molecule has 0 aromatic heterocycles. The topological polar surface area (TPSA) is 92.6 Å². The summed E-state index contributed by atoms with van der Waals surface area (Å²) in [6.45, 7) is 0.494. The molecule has 1 aliphatic heterocycles. The van der Waals surface area contributed by atoms with Gasteiger partial charge in [-0.2, -0.15) is 0 Å². The fourth-order valence-electron chi connectivity index (χ4n) is 4.37. The van der Waals surface area contributed by atoms with E-state index < -0.39 is 4.92 Å². The van der Waals surface area contributed by atoms with Gasteiger partial charge < -0.3 is 5.32 Å². The van der Waals surface area contributed by atoms with Crippen molar-refractivity contribution >= 4 is 40.5 Å². The monoisotopic (exact) mass is 427 g/mol. The third-order valence-corrected chi connectivity index (χ3v) is 6.17. The normalized spacial score (nSPS) is 20.9. The number of halogens is 1. The van der Waals surface area contributed by atoms with E-state index in [2.05, 4.69) is 5.32 Å². The maximum absolute atomic E-state index is 12.8. The van der Waals surface area contributed by atoms with Crippen LogP contribution in [0.25, 0.3) is 0 Å². The van der Waals surface area contributed by atoms with Gasteiger partial charge in [0.1, 0.15) is 5.69 Å². The highest BCUT2D eigenvalue weighted by Gasteiger charge is 2.49. The number of carbonyl (C=O) groups is 2. The van der Waals surface area contributed by atoms with E-state index in [0.717, 1.165) is 23.3 Å². The van der Waals surface area contributed by atoms with Crippen LogP contribution in [-0.2, 0) is 16.0 Å². The molecule has 0 unspecified atom stereocenters. The standard InChI is InChI=1S/C22H22ClN3O4/c23-15-7-5-14(6-8-15)11-12-24-19-10-9-16(13-20(19)26(29)30)25-21(27)17-3-1-2-4-18(17)22(25)28/h5-10,13,17-18,24H,1-4,11-12H2/t17-,18-/m0/s1. The Balaban J connectivity index is 1.52. The van der Waals surface area contributed by atoms with E-state index in [1.807, 2.05) is 12.1 Å². The first-order chi connectivity index (χ1) is 14.5. The predicted octanol–water partition coefficient (Wildman–Crippen LogP) is 4.58. The number of imide groups is 1. The molecule has 0 radical (unpaired) electrons. The van der Waals surface area contributed by atoms with Crippen molar-refractivity contribution in [1.82, 2.24) is 0 Å². The predicted molar refractivity (Wildman–Crippen MR) is 115 cm³/mol. The molecule has 4 rings (SSSR count). The van der Waals surface area contributed by atoms with Crippen molar-refractivity contribution in [2.75, 3.05) is 16.8 Å². The highest BCUT2D eigenvalue weighted by molar-refractivity contribution is 6.30. The third kappa shape index (κ3) is 3.89. The summed E-state index contributed by atoms with van der Waals surface area (Å²) in [6.07, 6.45) is 3.95. The summed E-state index contributed by atoms with van der Waals surface area (Å²) in [5, 5.41) is 15.4. The van der Waals surface area contributed by atoms with E-state index in [0.29, 0.717) is 36.5 Å². The van der Waals surface area contributed by atoms with Crippen molar-refractivity contribution < 1.29 is 14.5 Å². The number of rotatable bonds is 6. The van der Waals surface area contributed by atoms with E-state index in [1.165, 1.54) is 6.07 Å². The van der Waals surface area contributed by atoms with Crippen LogP contribution in [0.5, 0.6) is 0 Å². The van der Waals surface area contributed by atoms with Crippen molar-refractivity contribution in [2.24, 2.45) is 11.8 Å². The SMILES string of the molecule is O=C1[C@H]2CCCC[C@@H]2C(=O)N1c1ccc(NCCc2ccc(Cl)cc2)c([N+](=O)[O-])c1. The van der Waals surface area contributed by atoms with Crippen LogP contribution in [-0.4, -0.2) is 23.3 Å². The summed E-state index contributed by atoms with van der Waals surface area (Å²) < 4.78 is 0. The highest BCUT2D eigenvalue weighted by Crippen LogP contribution is 2.41. The quantitative estimate of drug-likeness (QED) is 0.413. The molecule has 2 fully saturated rings. The molecule has 2 aromatic carbocycles. The van der Waals surface area contributed by atoms with Gasteiger partial charge in [0, 0.05) is 17.6 Å². The van der Waals surface area contributed by atoms with Gasteiger partial charge in [0.15, 0.2) is 0 Å². The van der Waals surface area contributed by atoms with Crippen LogP contribution in [0.15, 0.2) is 42.5 Å². The van der Waals surface area contributed by atoms with Crippen LogP contribution in [0.1, 0.15) is 31.2 Å². The number of hydrogen-bond acceptors (Lipinski definition) is 5. The molecule has 7 nitrogen and oxygen atoms in total. The van der Waals surface area contributed by atoms with Crippen molar-refractivity contribution in [3.8, 4) is 0 Å². The van der Waals surface area contributed by atoms with Gasteiger partial charge in [-0.25, -0.2) is 4.90 Å². The molecular weight excluding hydrogens is 406 g/mol. The summed E-state index contributed by atoms with van der Waals surface area (Å²) in [4.78, 5) is 37.8. The number of nitrogens with one attached hydrogen (secondary N) is 1. The van der Waals surface area contributed by atoms with Gasteiger partial charge in [-0.1, -0.05) is 36.6 Å². The molecule has 156 valence electrons. The highest BCUT2D eigenvalue weighted by atomic mass is 35.5. The lowest BCUT2D eigenvalue weighted by Gasteiger charge is -2.19. The van der Waals surface area contributed by atoms with Crippen molar-refractivity contribution in [2.45, 2.75) is 32.1 Å². The molecule has 1 aliphatic carbocycles. The van der Waals surface area contributed by atoms with E-state index in [1.54, 1.807) is 24.3 Å². The summed E-state index contributed by atoms with van der Waals surface area (Å²) >= 11 is 5.88. The fraction of sp³-hybridized carbons (Fsp3) is 0.364. The maximum atomic E-state index is 12.8. The number of nitro benzene ring substituents is 1. The van der Waals surface area contributed by atoms with Crippen molar-refractivity contribution in [3.05, 3.63) is 63.2 Å². The van der Waals surface area contributed by atoms with Gasteiger partial charge >= 0.3 is 0 Å². The zero-order valence-corrected chi connectivity index (χ0v) is 17.1. The van der Waals surface area contributed by atoms with E-state index in [9.17, 15) is 19.7 Å². The Bertz CT molecular complexity index is 968. The van der Waals surface area contributed by atoms with Gasteiger partial charge in [-0.15, -0.1) is 0 Å². The second-order valence-electron chi connectivity index (χ2n) is 7.77. The number of fused-ring (bicyclic) bond motifs is 1. The van der Waals surface area contributed by atoms with Gasteiger partial charge in [0.05, 0.1) is 22.4 Å². The first kappa shape index (κ1) is 20.3. The molecule has 1 N–H and O–H groups in total. The number of nitro groups is 1. The summed E-state index contributed by atoms with van der Waals surface area (Å²) in [6, 6.07) is 11.9. The van der Waals surface area contributed by atoms with E-state index in [-0.39, 0.29) is 35.0 Å². The first-order valence-corrected chi connectivity index (χ1v) is 10.5. The van der Waals surface area contributed by atoms with Crippen LogP contribution >= 0.6 is 11.6 Å². The molecular formula is C22H22ClN3O4. The first-order valence-electron chi connectivity index (χ1n) is 10.1. The Hall–Kier alpha value is -2.93. The number of benzene rings is 2. The third-order valence-electron chi connectivity index (χ3n) is 5.92. The fourth-order valence-corrected chi connectivity index (χ4v) is 4.49. The van der Waals surface area contributed by atoms with Crippen LogP contribution < -0.4 is 10.2 Å². The summed E-state index contributed by atoms with van der Waals surface area (Å²) in [5.41, 5.74) is 1.53. The molecule has 1 saturated carbocycles. The van der Waals surface area contributed by atoms with Crippen LogP contribution in [0.4, 0.5) is 17.1 Å². The van der Waals surface area contributed by atoms with Gasteiger partial charge in [0.25, 0.3) is 5.69 Å². The molecule has 2 amide bonds. The molecule has 30 heavy (non-hydrogen) atoms. The molecule has 0 bridgehead atoms. The van der Waals surface area contributed by atoms with Crippen molar-refractivity contribution in [3.63, 3.8) is 0 Å². The van der Waals surface area contributed by atoms with Gasteiger partial charge in [-0.3, -0.25) is 19.7 Å². The minimum atomic E-state index is -0.494. The number of anilines is 2. The number of hydrogen-bond donors (Lipinski definition) is 1. The minimum Gasteiger partial charge on any atom is -0.379 e. The molecule has 8 heteroatoms. The summed E-state index contributed by atoms with van der Waals surface area (Å²) in [5.74, 6) is -1.05. The zero-order chi connectivity index (χ0) is 21.3. The Kier molecular flexibility index (Phi) is 5.72. The average Bonchev–Trinajstić information content (AvgIpc) is 3.00. The maximum Gasteiger partial charge on any atom is 0.294 e. The zero-order valence-electron chi connectivity index (χ0n) is 16.3. The lowest BCUT2D eigenvalue weighted by atomic mass is 9.81. The smallest absolute Gasteiger partial charge is 0.294 e. The number of nitrogens with zero attached hydrogens (tertiary/aromatic N) is 2. The lowest BCUT2D eigenvalue weighted by Crippen LogP contribution is -2.30. The molecule has 2 atom stereocenters. The van der Waals surface area contributed by atoms with E-state index >= 15 is 0 Å². The Morgan fingerprint density at radius 1 is 1.03 bits per heavy atom. The van der Waals surface area contributed by atoms with Crippen LogP contribution in [0, 0.1) is 22.0 Å². The number of carbonyl (C=O) groups excluding carboxylic acids is 2. The van der Waals surface area contributed by atoms with Crippen molar-refractivity contribution in [1.29, 1.82) is 0 Å². The molecule has 1 saturated heterocycles. The average molecular weight is 428 g/mol.